The molecule has 3 N–H and O–H groups in total. The summed E-state index contributed by atoms with van der Waals surface area (Å²) >= 11 is 0. The molecule has 0 aliphatic carbocycles. The van der Waals surface area contributed by atoms with Gasteiger partial charge in [-0.25, -0.2) is 4.79 Å². The van der Waals surface area contributed by atoms with Crippen molar-refractivity contribution >= 4 is 34.7 Å². The minimum atomic E-state index is -1.10. The van der Waals surface area contributed by atoms with Crippen LogP contribution in [0.3, 0.4) is 0 Å². The molecule has 164 valence electrons. The largest absolute Gasteiger partial charge is 0.369 e. The number of carbonyl (C=O) groups is 4. The summed E-state index contributed by atoms with van der Waals surface area (Å²) in [6.45, 7) is 4.07. The van der Waals surface area contributed by atoms with E-state index in [1.54, 1.807) is 18.7 Å². The number of likely N-dealkylation sites (N-methyl/N-ethyl adjacent to an activating group) is 1. The van der Waals surface area contributed by atoms with Gasteiger partial charge in [0.15, 0.2) is 0 Å². The minimum absolute atomic E-state index is 0.118. The average Bonchev–Trinajstić information content (AvgIpc) is 3.26. The molecule has 1 unspecified atom stereocenters. The Morgan fingerprint density at radius 1 is 1.23 bits per heavy atom. The van der Waals surface area contributed by atoms with E-state index < -0.39 is 23.3 Å². The van der Waals surface area contributed by atoms with Gasteiger partial charge in [-0.2, -0.15) is 0 Å². The van der Waals surface area contributed by atoms with Crippen LogP contribution in [0.25, 0.3) is 10.9 Å². The zero-order chi connectivity index (χ0) is 22.5. The van der Waals surface area contributed by atoms with Gasteiger partial charge in [0.2, 0.25) is 11.8 Å². The van der Waals surface area contributed by atoms with Gasteiger partial charge in [0.05, 0.1) is 17.9 Å². The molecule has 2 aromatic rings. The SMILES string of the molecule is CN1C(=O)C2CN(C(=O)[C@H](Cc3c[nH]c4ccccc34)C(C)(C)C(N)=O)CCN2C1=O. The van der Waals surface area contributed by atoms with Crippen LogP contribution in [0.2, 0.25) is 0 Å². The van der Waals surface area contributed by atoms with Crippen molar-refractivity contribution in [1.29, 1.82) is 0 Å². The number of nitrogens with two attached hydrogens (primary N) is 1. The zero-order valence-electron chi connectivity index (χ0n) is 17.9. The summed E-state index contributed by atoms with van der Waals surface area (Å²) in [5.74, 6) is -1.81. The Labute approximate surface area is 180 Å². The highest BCUT2D eigenvalue weighted by Crippen LogP contribution is 2.34. The van der Waals surface area contributed by atoms with E-state index in [0.717, 1.165) is 21.4 Å². The number of hydrogen-bond acceptors (Lipinski definition) is 4. The second kappa shape index (κ2) is 7.40. The summed E-state index contributed by atoms with van der Waals surface area (Å²) < 4.78 is 0. The number of H-pyrrole nitrogens is 1. The number of amides is 5. The van der Waals surface area contributed by atoms with E-state index in [1.165, 1.54) is 11.9 Å². The Kier molecular flexibility index (Phi) is 4.99. The number of nitrogens with one attached hydrogen (secondary N) is 1. The van der Waals surface area contributed by atoms with Crippen LogP contribution in [0.15, 0.2) is 30.5 Å². The Balaban J connectivity index is 1.63. The quantitative estimate of drug-likeness (QED) is 0.693. The molecule has 3 heterocycles. The fourth-order valence-corrected chi connectivity index (χ4v) is 4.50. The maximum Gasteiger partial charge on any atom is 0.327 e. The lowest BCUT2D eigenvalue weighted by Crippen LogP contribution is -2.58. The molecule has 2 aliphatic heterocycles. The number of urea groups is 1. The summed E-state index contributed by atoms with van der Waals surface area (Å²) in [6, 6.07) is 6.75. The molecular weight excluding hydrogens is 398 g/mol. The molecule has 2 aliphatic rings. The summed E-state index contributed by atoms with van der Waals surface area (Å²) in [4.78, 5) is 58.0. The predicted molar refractivity (Wildman–Crippen MR) is 114 cm³/mol. The molecule has 2 atom stereocenters. The number of primary amides is 1. The van der Waals surface area contributed by atoms with Gasteiger partial charge in [-0.15, -0.1) is 0 Å². The van der Waals surface area contributed by atoms with E-state index in [-0.39, 0.29) is 30.9 Å². The third kappa shape index (κ3) is 3.34. The molecule has 2 fully saturated rings. The first-order valence-electron chi connectivity index (χ1n) is 10.3. The van der Waals surface area contributed by atoms with Crippen molar-refractivity contribution in [3.63, 3.8) is 0 Å². The van der Waals surface area contributed by atoms with Crippen molar-refractivity contribution < 1.29 is 19.2 Å². The number of nitrogens with zero attached hydrogens (tertiary/aromatic N) is 3. The van der Waals surface area contributed by atoms with Crippen LogP contribution in [-0.4, -0.2) is 76.2 Å². The molecule has 9 heteroatoms. The van der Waals surface area contributed by atoms with Crippen molar-refractivity contribution in [2.75, 3.05) is 26.7 Å². The maximum absolute atomic E-state index is 13.6. The predicted octanol–water partition coefficient (Wildman–Crippen LogP) is 0.943. The van der Waals surface area contributed by atoms with Crippen LogP contribution in [0, 0.1) is 11.3 Å². The summed E-state index contributed by atoms with van der Waals surface area (Å²) in [5, 5.41) is 0.989. The lowest BCUT2D eigenvalue weighted by molar-refractivity contribution is -0.147. The molecular formula is C22H27N5O4. The molecule has 0 saturated carbocycles. The molecule has 9 nitrogen and oxygen atoms in total. The topological polar surface area (TPSA) is 120 Å². The second-order valence-electron chi connectivity index (χ2n) is 8.88. The monoisotopic (exact) mass is 425 g/mol. The smallest absolute Gasteiger partial charge is 0.327 e. The molecule has 2 saturated heterocycles. The number of piperazine rings is 1. The van der Waals surface area contributed by atoms with Gasteiger partial charge in [0, 0.05) is 37.2 Å². The van der Waals surface area contributed by atoms with Crippen LogP contribution in [0.5, 0.6) is 0 Å². The van der Waals surface area contributed by atoms with Crippen molar-refractivity contribution in [3.8, 4) is 0 Å². The van der Waals surface area contributed by atoms with E-state index in [0.29, 0.717) is 13.0 Å². The molecule has 5 amide bonds. The standard InChI is InChI=1S/C22H27N5O4/c1-22(2,20(23)30)15(10-13-11-24-16-7-5-4-6-14(13)16)18(28)26-8-9-27-17(12-26)19(29)25(3)21(27)31/h4-7,11,15,17,24H,8-10,12H2,1-3H3,(H2,23,30)/t15-,17?/m0/s1. The van der Waals surface area contributed by atoms with E-state index in [9.17, 15) is 19.2 Å². The van der Waals surface area contributed by atoms with Crippen molar-refractivity contribution in [1.82, 2.24) is 19.7 Å². The summed E-state index contributed by atoms with van der Waals surface area (Å²) in [6.07, 6.45) is 2.19. The molecule has 31 heavy (non-hydrogen) atoms. The Bertz CT molecular complexity index is 1070. The van der Waals surface area contributed by atoms with Crippen LogP contribution in [0.1, 0.15) is 19.4 Å². The average molecular weight is 425 g/mol. The lowest BCUT2D eigenvalue weighted by Gasteiger charge is -2.40. The second-order valence-corrected chi connectivity index (χ2v) is 8.88. The zero-order valence-corrected chi connectivity index (χ0v) is 17.9. The number of rotatable bonds is 5. The fraction of sp³-hybridized carbons (Fsp3) is 0.455. The van der Waals surface area contributed by atoms with E-state index in [1.807, 2.05) is 30.5 Å². The number of imide groups is 1. The lowest BCUT2D eigenvalue weighted by atomic mass is 9.74. The number of carbonyl (C=O) groups excluding carboxylic acids is 4. The highest BCUT2D eigenvalue weighted by Gasteiger charge is 2.49. The molecule has 0 radical (unpaired) electrons. The van der Waals surface area contributed by atoms with E-state index in [4.69, 9.17) is 5.73 Å². The molecule has 0 bridgehead atoms. The Morgan fingerprint density at radius 3 is 2.65 bits per heavy atom. The van der Waals surface area contributed by atoms with Gasteiger partial charge in [0.25, 0.3) is 5.91 Å². The number of aromatic nitrogens is 1. The summed E-state index contributed by atoms with van der Waals surface area (Å²) in [5.41, 5.74) is 6.47. The van der Waals surface area contributed by atoms with Gasteiger partial charge in [-0.3, -0.25) is 19.3 Å². The number of para-hydroxylation sites is 1. The third-order valence-electron chi connectivity index (χ3n) is 6.74. The number of hydrogen-bond donors (Lipinski definition) is 2. The first kappa shape index (κ1) is 20.9. The van der Waals surface area contributed by atoms with Crippen LogP contribution in [-0.2, 0) is 20.8 Å². The van der Waals surface area contributed by atoms with Crippen molar-refractivity contribution in [3.05, 3.63) is 36.0 Å². The molecule has 1 aromatic heterocycles. The Morgan fingerprint density at radius 2 is 1.94 bits per heavy atom. The molecule has 1 aromatic carbocycles. The fourth-order valence-electron chi connectivity index (χ4n) is 4.50. The van der Waals surface area contributed by atoms with E-state index in [2.05, 4.69) is 4.98 Å². The van der Waals surface area contributed by atoms with Gasteiger partial charge in [0.1, 0.15) is 6.04 Å². The van der Waals surface area contributed by atoms with Gasteiger partial charge in [-0.05, 0) is 18.1 Å². The van der Waals surface area contributed by atoms with Gasteiger partial charge in [-0.1, -0.05) is 32.0 Å². The van der Waals surface area contributed by atoms with E-state index >= 15 is 0 Å². The highest BCUT2D eigenvalue weighted by molar-refractivity contribution is 6.04. The maximum atomic E-state index is 13.6. The molecule has 0 spiro atoms. The van der Waals surface area contributed by atoms with Crippen LogP contribution < -0.4 is 5.73 Å². The highest BCUT2D eigenvalue weighted by atomic mass is 16.2. The van der Waals surface area contributed by atoms with Crippen LogP contribution >= 0.6 is 0 Å². The minimum Gasteiger partial charge on any atom is -0.369 e. The van der Waals surface area contributed by atoms with Gasteiger partial charge >= 0.3 is 6.03 Å². The normalized spacial score (nSPS) is 20.4. The number of benzene rings is 1. The van der Waals surface area contributed by atoms with Crippen LogP contribution in [0.4, 0.5) is 4.79 Å². The van der Waals surface area contributed by atoms with Crippen molar-refractivity contribution in [2.45, 2.75) is 26.3 Å². The Hall–Kier alpha value is -3.36. The number of fused-ring (bicyclic) bond motifs is 2. The summed E-state index contributed by atoms with van der Waals surface area (Å²) in [7, 11) is 1.45. The first-order chi connectivity index (χ1) is 14.6. The third-order valence-corrected chi connectivity index (χ3v) is 6.74. The molecule has 4 rings (SSSR count). The first-order valence-corrected chi connectivity index (χ1v) is 10.3. The number of aromatic amines is 1. The van der Waals surface area contributed by atoms with Crippen molar-refractivity contribution in [2.24, 2.45) is 17.1 Å². The van der Waals surface area contributed by atoms with Gasteiger partial charge < -0.3 is 20.5 Å².